The van der Waals surface area contributed by atoms with Gasteiger partial charge in [-0.3, -0.25) is 4.79 Å². The van der Waals surface area contributed by atoms with E-state index in [9.17, 15) is 9.59 Å². The van der Waals surface area contributed by atoms with Crippen molar-refractivity contribution in [2.45, 2.75) is 33.2 Å². The van der Waals surface area contributed by atoms with Gasteiger partial charge in [-0.1, -0.05) is 19.0 Å². The number of carboxylic acids is 1. The topological polar surface area (TPSA) is 92.4 Å². The number of carboxylic acid groups (broad SMARTS) is 1. The van der Waals surface area contributed by atoms with E-state index in [1.54, 1.807) is 20.8 Å². The molecule has 1 aromatic heterocycles. The highest BCUT2D eigenvalue weighted by Crippen LogP contribution is 2.07. The molecule has 0 aliphatic rings. The van der Waals surface area contributed by atoms with Crippen LogP contribution in [0.25, 0.3) is 0 Å². The maximum Gasteiger partial charge on any atom is 0.326 e. The van der Waals surface area contributed by atoms with Crippen molar-refractivity contribution in [3.8, 4) is 0 Å². The zero-order valence-electron chi connectivity index (χ0n) is 10.1. The van der Waals surface area contributed by atoms with Crippen molar-refractivity contribution >= 4 is 11.9 Å². The molecule has 94 valence electrons. The summed E-state index contributed by atoms with van der Waals surface area (Å²) >= 11 is 0. The monoisotopic (exact) mass is 240 g/mol. The Balaban J connectivity index is 2.60. The van der Waals surface area contributed by atoms with Crippen LogP contribution in [0.3, 0.4) is 0 Å². The second-order valence-corrected chi connectivity index (χ2v) is 4.23. The lowest BCUT2D eigenvalue weighted by molar-refractivity contribution is -0.143. The van der Waals surface area contributed by atoms with Crippen LogP contribution in [0.4, 0.5) is 0 Å². The maximum atomic E-state index is 11.6. The summed E-state index contributed by atoms with van der Waals surface area (Å²) < 4.78 is 4.70. The number of nitrogens with one attached hydrogen (secondary N) is 1. The van der Waals surface area contributed by atoms with Gasteiger partial charge in [-0.25, -0.2) is 4.79 Å². The summed E-state index contributed by atoms with van der Waals surface area (Å²) in [5, 5.41) is 15.0. The van der Waals surface area contributed by atoms with Crippen molar-refractivity contribution in [2.75, 3.05) is 0 Å². The highest BCUT2D eigenvalue weighted by atomic mass is 16.5. The first-order valence-corrected chi connectivity index (χ1v) is 5.33. The van der Waals surface area contributed by atoms with Gasteiger partial charge in [-0.2, -0.15) is 0 Å². The van der Waals surface area contributed by atoms with Crippen molar-refractivity contribution in [1.29, 1.82) is 0 Å². The first-order chi connectivity index (χ1) is 7.91. The standard InChI is InChI=1S/C11H16N2O4/c1-6(2)10(11(15)16)12-9(14)4-8-5-17-13-7(8)3/h5-6,10H,4H2,1-3H3,(H,12,14)(H,15,16)/t10-/m0/s1. The van der Waals surface area contributed by atoms with Gasteiger partial charge >= 0.3 is 5.97 Å². The third-order valence-electron chi connectivity index (χ3n) is 2.45. The van der Waals surface area contributed by atoms with Crippen LogP contribution in [0.15, 0.2) is 10.8 Å². The number of carbonyl (C=O) groups excluding carboxylic acids is 1. The number of aryl methyl sites for hydroxylation is 1. The number of hydrogen-bond acceptors (Lipinski definition) is 4. The van der Waals surface area contributed by atoms with Gasteiger partial charge < -0.3 is 14.9 Å². The molecule has 6 heteroatoms. The average Bonchev–Trinajstić information content (AvgIpc) is 2.60. The van der Waals surface area contributed by atoms with Crippen LogP contribution < -0.4 is 5.32 Å². The fourth-order valence-electron chi connectivity index (χ4n) is 1.39. The maximum absolute atomic E-state index is 11.6. The van der Waals surface area contributed by atoms with E-state index in [1.807, 2.05) is 0 Å². The minimum Gasteiger partial charge on any atom is -0.480 e. The molecule has 0 fully saturated rings. The Kier molecular flexibility index (Phi) is 4.25. The van der Waals surface area contributed by atoms with Gasteiger partial charge in [-0.05, 0) is 12.8 Å². The van der Waals surface area contributed by atoms with Crippen LogP contribution in [0.2, 0.25) is 0 Å². The molecule has 0 spiro atoms. The summed E-state index contributed by atoms with van der Waals surface area (Å²) in [6.45, 7) is 5.21. The third-order valence-corrected chi connectivity index (χ3v) is 2.45. The molecule has 1 atom stereocenters. The Bertz CT molecular complexity index is 411. The highest BCUT2D eigenvalue weighted by Gasteiger charge is 2.23. The molecule has 0 bridgehead atoms. The lowest BCUT2D eigenvalue weighted by Crippen LogP contribution is -2.44. The predicted molar refractivity (Wildman–Crippen MR) is 59.3 cm³/mol. The first kappa shape index (κ1) is 13.2. The van der Waals surface area contributed by atoms with E-state index < -0.39 is 12.0 Å². The van der Waals surface area contributed by atoms with E-state index >= 15 is 0 Å². The van der Waals surface area contributed by atoms with Crippen molar-refractivity contribution in [3.05, 3.63) is 17.5 Å². The quantitative estimate of drug-likeness (QED) is 0.792. The van der Waals surface area contributed by atoms with Gasteiger partial charge in [0.1, 0.15) is 12.3 Å². The second kappa shape index (κ2) is 5.47. The second-order valence-electron chi connectivity index (χ2n) is 4.23. The van der Waals surface area contributed by atoms with Crippen molar-refractivity contribution in [2.24, 2.45) is 5.92 Å². The zero-order valence-corrected chi connectivity index (χ0v) is 10.1. The summed E-state index contributed by atoms with van der Waals surface area (Å²) in [7, 11) is 0. The number of aromatic nitrogens is 1. The SMILES string of the molecule is Cc1nocc1CC(=O)N[C@H](C(=O)O)C(C)C. The fraction of sp³-hybridized carbons (Fsp3) is 0.545. The van der Waals surface area contributed by atoms with E-state index in [-0.39, 0.29) is 18.2 Å². The summed E-state index contributed by atoms with van der Waals surface area (Å²) in [6, 6.07) is -0.873. The lowest BCUT2D eigenvalue weighted by Gasteiger charge is -2.17. The Morgan fingerprint density at radius 1 is 1.53 bits per heavy atom. The summed E-state index contributed by atoms with van der Waals surface area (Å²) in [6.07, 6.45) is 1.46. The smallest absolute Gasteiger partial charge is 0.326 e. The normalized spacial score (nSPS) is 12.5. The number of nitrogens with zero attached hydrogens (tertiary/aromatic N) is 1. The molecule has 1 heterocycles. The van der Waals surface area contributed by atoms with E-state index in [1.165, 1.54) is 6.26 Å². The molecule has 0 aromatic carbocycles. The molecule has 0 unspecified atom stereocenters. The molecular formula is C11H16N2O4. The van der Waals surface area contributed by atoms with E-state index in [4.69, 9.17) is 9.63 Å². The number of aliphatic carboxylic acids is 1. The molecule has 0 radical (unpaired) electrons. The molecule has 1 amide bonds. The fourth-order valence-corrected chi connectivity index (χ4v) is 1.39. The summed E-state index contributed by atoms with van der Waals surface area (Å²) in [4.78, 5) is 22.5. The van der Waals surface area contributed by atoms with Crippen molar-refractivity contribution < 1.29 is 19.2 Å². The number of amides is 1. The molecule has 6 nitrogen and oxygen atoms in total. The first-order valence-electron chi connectivity index (χ1n) is 5.33. The Hall–Kier alpha value is -1.85. The van der Waals surface area contributed by atoms with Crippen LogP contribution >= 0.6 is 0 Å². The molecule has 17 heavy (non-hydrogen) atoms. The van der Waals surface area contributed by atoms with Gasteiger partial charge in [0.2, 0.25) is 5.91 Å². The Morgan fingerprint density at radius 2 is 2.18 bits per heavy atom. The largest absolute Gasteiger partial charge is 0.480 e. The minimum atomic E-state index is -1.03. The molecular weight excluding hydrogens is 224 g/mol. The molecule has 1 aromatic rings. The van der Waals surface area contributed by atoms with Gasteiger partial charge in [0.05, 0.1) is 12.1 Å². The van der Waals surface area contributed by atoms with Gasteiger partial charge in [-0.15, -0.1) is 0 Å². The summed E-state index contributed by atoms with van der Waals surface area (Å²) in [5.41, 5.74) is 1.30. The zero-order chi connectivity index (χ0) is 13.0. The molecule has 0 aliphatic heterocycles. The van der Waals surface area contributed by atoms with Crippen molar-refractivity contribution in [1.82, 2.24) is 10.5 Å². The minimum absolute atomic E-state index is 0.0752. The van der Waals surface area contributed by atoms with Crippen molar-refractivity contribution in [3.63, 3.8) is 0 Å². The van der Waals surface area contributed by atoms with Crippen LogP contribution in [-0.2, 0) is 16.0 Å². The van der Waals surface area contributed by atoms with Gasteiger partial charge in [0.15, 0.2) is 0 Å². The van der Waals surface area contributed by atoms with Gasteiger partial charge in [0, 0.05) is 5.56 Å². The molecule has 0 aliphatic carbocycles. The number of hydrogen-bond donors (Lipinski definition) is 2. The summed E-state index contributed by atoms with van der Waals surface area (Å²) in [5.74, 6) is -1.55. The van der Waals surface area contributed by atoms with Crippen LogP contribution in [-0.4, -0.2) is 28.2 Å². The molecule has 2 N–H and O–H groups in total. The highest BCUT2D eigenvalue weighted by molar-refractivity contribution is 5.85. The number of rotatable bonds is 5. The predicted octanol–water partition coefficient (Wildman–Crippen LogP) is 0.751. The lowest BCUT2D eigenvalue weighted by atomic mass is 10.0. The Morgan fingerprint density at radius 3 is 2.59 bits per heavy atom. The van der Waals surface area contributed by atoms with Gasteiger partial charge in [0.25, 0.3) is 0 Å². The van der Waals surface area contributed by atoms with E-state index in [0.29, 0.717) is 11.3 Å². The Labute approximate surface area is 99.0 Å². The van der Waals surface area contributed by atoms with E-state index in [2.05, 4.69) is 10.5 Å². The number of carbonyl (C=O) groups is 2. The van der Waals surface area contributed by atoms with E-state index in [0.717, 1.165) is 0 Å². The van der Waals surface area contributed by atoms with Crippen LogP contribution in [0.5, 0.6) is 0 Å². The average molecular weight is 240 g/mol. The third kappa shape index (κ3) is 3.58. The molecule has 0 saturated carbocycles. The van der Waals surface area contributed by atoms with Crippen LogP contribution in [0, 0.1) is 12.8 Å². The van der Waals surface area contributed by atoms with Crippen LogP contribution in [0.1, 0.15) is 25.1 Å². The molecule has 1 rings (SSSR count). The molecule has 0 saturated heterocycles.